The van der Waals surface area contributed by atoms with Gasteiger partial charge in [-0.15, -0.1) is 0 Å². The molecule has 16 nitrogen and oxygen atoms in total. The van der Waals surface area contributed by atoms with E-state index in [4.69, 9.17) is 21.1 Å². The van der Waals surface area contributed by atoms with Crippen molar-refractivity contribution in [2.45, 2.75) is 34.6 Å². The van der Waals surface area contributed by atoms with E-state index >= 15 is 0 Å². The van der Waals surface area contributed by atoms with Gasteiger partial charge in [0.2, 0.25) is 5.69 Å². The molecule has 0 aliphatic rings. The van der Waals surface area contributed by atoms with Crippen LogP contribution in [-0.2, 0) is 14.2 Å². The molecule has 8 rings (SSSR count). The lowest BCUT2D eigenvalue weighted by Gasteiger charge is -2.05. The highest BCUT2D eigenvalue weighted by Crippen LogP contribution is 2.19. The molecular formula is C44H35ClF4N8O8. The number of esters is 3. The van der Waals surface area contributed by atoms with Crippen LogP contribution in [0.2, 0.25) is 5.15 Å². The van der Waals surface area contributed by atoms with E-state index < -0.39 is 40.9 Å². The number of H-pyrrole nitrogens is 1. The number of aromatic amines is 1. The molecule has 65 heavy (non-hydrogen) atoms. The van der Waals surface area contributed by atoms with Crippen molar-refractivity contribution in [2.75, 3.05) is 19.8 Å². The molecule has 0 saturated heterocycles. The van der Waals surface area contributed by atoms with E-state index in [2.05, 4.69) is 44.6 Å². The van der Waals surface area contributed by atoms with Gasteiger partial charge in [0.15, 0.2) is 22.8 Å². The lowest BCUT2D eigenvalue weighted by molar-refractivity contribution is 0.0508. The van der Waals surface area contributed by atoms with Gasteiger partial charge in [-0.3, -0.25) is 9.59 Å². The highest BCUT2D eigenvalue weighted by Gasteiger charge is 2.18. The molecule has 1 N–H and O–H groups in total. The summed E-state index contributed by atoms with van der Waals surface area (Å²) >= 11 is 5.81. The fraction of sp³-hybridized carbons (Fsp3) is 0.182. The standard InChI is InChI=1S/C12H11FN2O2.C11H8ClFN2O2.C11H9FN2O3.C10H7FN2O/c1-3-17-12(16)11-7(2)14-9-5-4-8(13)6-10(9)15-11;1-2-17-11(16)9-10(12)15-7-4-3-6(13)5-8(7)14-9;1-2-17-11(16)9-10(15)14-7-4-3-6(12)5-8(7)13-9;1-6-10(5-14)13-9-4-7(11)2-3-8(9)12-6/h4-6H,3H2,1-2H3;3-5H,2H2,1H3;3-5H,2H2,1H3,(H,14,15);2-5H,1H3. The number of fused-ring (bicyclic) bond motifs is 4. The number of benzene rings is 4. The molecule has 4 aromatic heterocycles. The number of hydrogen-bond acceptors (Lipinski definition) is 15. The number of carbonyl (C=O) groups is 4. The molecular weight excluding hydrogens is 880 g/mol. The Labute approximate surface area is 370 Å². The maximum absolute atomic E-state index is 13.0. The Balaban J connectivity index is 0.000000163. The Morgan fingerprint density at radius 2 is 0.938 bits per heavy atom. The van der Waals surface area contributed by atoms with Gasteiger partial charge in [-0.1, -0.05) is 11.6 Å². The largest absolute Gasteiger partial charge is 0.461 e. The summed E-state index contributed by atoms with van der Waals surface area (Å²) < 4.78 is 66.1. The zero-order valence-electron chi connectivity index (χ0n) is 34.9. The Bertz CT molecular complexity index is 3050. The van der Waals surface area contributed by atoms with Crippen LogP contribution in [0.25, 0.3) is 44.1 Å². The third-order valence-corrected chi connectivity index (χ3v) is 8.66. The number of hydrogen-bond donors (Lipinski definition) is 1. The van der Waals surface area contributed by atoms with Gasteiger partial charge in [0.05, 0.1) is 75.3 Å². The van der Waals surface area contributed by atoms with Gasteiger partial charge < -0.3 is 19.2 Å². The molecule has 0 amide bonds. The topological polar surface area (TPSA) is 219 Å². The summed E-state index contributed by atoms with van der Waals surface area (Å²) in [6, 6.07) is 15.8. The van der Waals surface area contributed by atoms with Crippen molar-refractivity contribution in [1.82, 2.24) is 39.9 Å². The van der Waals surface area contributed by atoms with E-state index in [9.17, 15) is 41.5 Å². The number of ether oxygens (including phenoxy) is 3. The molecule has 0 aliphatic heterocycles. The molecule has 0 fully saturated rings. The summed E-state index contributed by atoms with van der Waals surface area (Å²) in [6.45, 7) is 8.97. The van der Waals surface area contributed by atoms with Crippen molar-refractivity contribution in [1.29, 1.82) is 0 Å². The average Bonchev–Trinajstić information content (AvgIpc) is 3.27. The fourth-order valence-electron chi connectivity index (χ4n) is 5.48. The SMILES string of the molecule is CCOC(=O)c1nc2cc(F)ccc2[nH]c1=O.CCOC(=O)c1nc2cc(F)ccc2nc1C.CCOC(=O)c1nc2cc(F)ccc2nc1Cl.Cc1nc2ccc(F)cc2nc1C=O. The van der Waals surface area contributed by atoms with Gasteiger partial charge in [-0.2, -0.15) is 0 Å². The zero-order chi connectivity index (χ0) is 47.4. The Hall–Kier alpha value is -7.87. The first-order chi connectivity index (χ1) is 31.0. The normalized spacial score (nSPS) is 10.5. The van der Waals surface area contributed by atoms with Crippen LogP contribution < -0.4 is 5.56 Å². The Kier molecular flexibility index (Phi) is 16.3. The monoisotopic (exact) mass is 914 g/mol. The van der Waals surface area contributed by atoms with E-state index in [-0.39, 0.29) is 64.6 Å². The highest BCUT2D eigenvalue weighted by atomic mass is 35.5. The minimum Gasteiger partial charge on any atom is -0.461 e. The first kappa shape index (κ1) is 48.2. The van der Waals surface area contributed by atoms with E-state index in [0.29, 0.717) is 50.8 Å². The summed E-state index contributed by atoms with van der Waals surface area (Å²) in [7, 11) is 0. The van der Waals surface area contributed by atoms with Gasteiger partial charge in [0, 0.05) is 24.3 Å². The second-order valence-corrected chi connectivity index (χ2v) is 13.3. The van der Waals surface area contributed by atoms with Crippen LogP contribution in [0.4, 0.5) is 17.6 Å². The van der Waals surface area contributed by atoms with Crippen LogP contribution in [-0.4, -0.2) is 83.9 Å². The third-order valence-electron chi connectivity index (χ3n) is 8.39. The maximum Gasteiger partial charge on any atom is 0.362 e. The molecule has 0 spiro atoms. The molecule has 21 heteroatoms. The number of aryl methyl sites for hydroxylation is 2. The van der Waals surface area contributed by atoms with Crippen molar-refractivity contribution in [3.63, 3.8) is 0 Å². The highest BCUT2D eigenvalue weighted by molar-refractivity contribution is 6.32. The number of aromatic nitrogens is 8. The quantitative estimate of drug-likeness (QED) is 0.0693. The van der Waals surface area contributed by atoms with Gasteiger partial charge in [-0.25, -0.2) is 66.8 Å². The van der Waals surface area contributed by atoms with Gasteiger partial charge in [0.1, 0.15) is 29.0 Å². The van der Waals surface area contributed by atoms with Crippen LogP contribution >= 0.6 is 11.6 Å². The second kappa shape index (κ2) is 22.0. The number of carbonyl (C=O) groups excluding carboxylic acids is 4. The Morgan fingerprint density at radius 3 is 1.45 bits per heavy atom. The second-order valence-electron chi connectivity index (χ2n) is 13.0. The van der Waals surface area contributed by atoms with Crippen LogP contribution in [0, 0.1) is 37.1 Å². The molecule has 334 valence electrons. The zero-order valence-corrected chi connectivity index (χ0v) is 35.7. The van der Waals surface area contributed by atoms with E-state index in [0.717, 1.165) is 6.07 Å². The minimum absolute atomic E-state index is 0.0532. The molecule has 4 aromatic carbocycles. The number of nitrogens with one attached hydrogen (secondary N) is 1. The van der Waals surface area contributed by atoms with Gasteiger partial charge >= 0.3 is 17.9 Å². The average molecular weight is 915 g/mol. The minimum atomic E-state index is -0.820. The molecule has 4 heterocycles. The first-order valence-electron chi connectivity index (χ1n) is 19.2. The van der Waals surface area contributed by atoms with Crippen LogP contribution in [0.15, 0.2) is 77.6 Å². The maximum atomic E-state index is 13.0. The van der Waals surface area contributed by atoms with Crippen molar-refractivity contribution in [2.24, 2.45) is 0 Å². The molecule has 0 radical (unpaired) electrons. The van der Waals surface area contributed by atoms with E-state index in [1.807, 2.05) is 0 Å². The predicted molar refractivity (Wildman–Crippen MR) is 229 cm³/mol. The van der Waals surface area contributed by atoms with Crippen molar-refractivity contribution >= 4 is 79.9 Å². The van der Waals surface area contributed by atoms with Crippen LogP contribution in [0.3, 0.4) is 0 Å². The number of halogens is 5. The summed E-state index contributed by atoms with van der Waals surface area (Å²) in [6.07, 6.45) is 0.618. The summed E-state index contributed by atoms with van der Waals surface area (Å²) in [5.41, 5.74) is 3.43. The van der Waals surface area contributed by atoms with Crippen molar-refractivity contribution < 1.29 is 51.0 Å². The summed E-state index contributed by atoms with van der Waals surface area (Å²) in [4.78, 5) is 87.1. The lowest BCUT2D eigenvalue weighted by Crippen LogP contribution is -2.22. The first-order valence-corrected chi connectivity index (χ1v) is 19.6. The molecule has 0 bridgehead atoms. The molecule has 8 aromatic rings. The number of aldehydes is 1. The molecule has 0 unspecified atom stereocenters. The van der Waals surface area contributed by atoms with Crippen molar-refractivity contribution in [3.05, 3.63) is 146 Å². The van der Waals surface area contributed by atoms with E-state index in [1.54, 1.807) is 40.7 Å². The predicted octanol–water partition coefficient (Wildman–Crippen LogP) is 7.98. The fourth-order valence-corrected chi connectivity index (χ4v) is 5.69. The molecule has 0 saturated carbocycles. The van der Waals surface area contributed by atoms with Gasteiger partial charge in [0.25, 0.3) is 5.56 Å². The van der Waals surface area contributed by atoms with Crippen LogP contribution in [0.1, 0.15) is 74.1 Å². The smallest absolute Gasteiger partial charge is 0.362 e. The Morgan fingerprint density at radius 1 is 0.538 bits per heavy atom. The van der Waals surface area contributed by atoms with Gasteiger partial charge in [-0.05, 0) is 83.1 Å². The summed E-state index contributed by atoms with van der Waals surface area (Å²) in [5, 5.41) is -0.0532. The summed E-state index contributed by atoms with van der Waals surface area (Å²) in [5.74, 6) is -3.77. The van der Waals surface area contributed by atoms with Crippen LogP contribution in [0.5, 0.6) is 0 Å². The van der Waals surface area contributed by atoms with E-state index in [1.165, 1.54) is 60.7 Å². The third kappa shape index (κ3) is 12.4. The number of rotatable bonds is 7. The lowest BCUT2D eigenvalue weighted by atomic mass is 10.2. The molecule has 0 aliphatic carbocycles. The molecule has 0 atom stereocenters. The number of nitrogens with zero attached hydrogens (tertiary/aromatic N) is 7. The van der Waals surface area contributed by atoms with Crippen molar-refractivity contribution in [3.8, 4) is 0 Å².